The summed E-state index contributed by atoms with van der Waals surface area (Å²) in [7, 11) is 0. The van der Waals surface area contributed by atoms with Crippen molar-refractivity contribution in [2.45, 2.75) is 20.0 Å². The van der Waals surface area contributed by atoms with Crippen molar-refractivity contribution in [3.63, 3.8) is 0 Å². The van der Waals surface area contributed by atoms with Gasteiger partial charge >= 0.3 is 5.69 Å². The van der Waals surface area contributed by atoms with Gasteiger partial charge < -0.3 is 4.57 Å². The highest BCUT2D eigenvalue weighted by Gasteiger charge is 2.19. The first-order chi connectivity index (χ1) is 15.6. The van der Waals surface area contributed by atoms with E-state index < -0.39 is 5.69 Å². The van der Waals surface area contributed by atoms with Crippen LogP contribution in [0.25, 0.3) is 27.6 Å². The summed E-state index contributed by atoms with van der Waals surface area (Å²) in [6.07, 6.45) is 1.59. The number of aromatic nitrogens is 4. The van der Waals surface area contributed by atoms with Gasteiger partial charge in [0.15, 0.2) is 11.2 Å². The van der Waals surface area contributed by atoms with Gasteiger partial charge in [0, 0.05) is 18.5 Å². The van der Waals surface area contributed by atoms with E-state index >= 15 is 0 Å². The van der Waals surface area contributed by atoms with Crippen LogP contribution in [0.5, 0.6) is 0 Å². The van der Waals surface area contributed by atoms with E-state index in [-0.39, 0.29) is 12.1 Å². The molecule has 0 bridgehead atoms. The number of nitrogens with zero attached hydrogens (tertiary/aromatic N) is 5. The van der Waals surface area contributed by atoms with Crippen LogP contribution in [0.1, 0.15) is 18.1 Å². The van der Waals surface area contributed by atoms with Gasteiger partial charge in [-0.25, -0.2) is 14.3 Å². The number of benzene rings is 3. The third kappa shape index (κ3) is 3.01. The molecule has 3 aromatic carbocycles. The van der Waals surface area contributed by atoms with Crippen LogP contribution in [0, 0.1) is 11.3 Å². The van der Waals surface area contributed by atoms with Gasteiger partial charge in [-0.05, 0) is 36.1 Å². The van der Waals surface area contributed by atoms with Crippen LogP contribution in [-0.4, -0.2) is 18.7 Å². The smallest absolute Gasteiger partial charge is 0.320 e. The van der Waals surface area contributed by atoms with Crippen molar-refractivity contribution in [2.24, 2.45) is 0 Å². The Balaban J connectivity index is 1.78. The summed E-state index contributed by atoms with van der Waals surface area (Å²) in [5.74, 6) is 0. The molecule has 7 heteroatoms. The second-order valence-electron chi connectivity index (χ2n) is 7.52. The number of rotatable bonds is 4. The lowest BCUT2D eigenvalue weighted by atomic mass is 10.1. The maximum atomic E-state index is 13.4. The van der Waals surface area contributed by atoms with E-state index in [1.165, 1.54) is 9.13 Å². The Bertz CT molecular complexity index is 1630. The first kappa shape index (κ1) is 19.5. The summed E-state index contributed by atoms with van der Waals surface area (Å²) in [5, 5.41) is 10.9. The van der Waals surface area contributed by atoms with Crippen LogP contribution >= 0.6 is 0 Å². The monoisotopic (exact) mass is 421 g/mol. The van der Waals surface area contributed by atoms with E-state index in [9.17, 15) is 9.59 Å². The Morgan fingerprint density at radius 3 is 2.47 bits per heavy atom. The molecule has 5 rings (SSSR count). The molecule has 0 saturated carbocycles. The first-order valence-electron chi connectivity index (χ1n) is 10.3. The molecule has 0 N–H and O–H groups in total. The van der Waals surface area contributed by atoms with E-state index in [4.69, 9.17) is 5.26 Å². The number of hydrogen-bond donors (Lipinski definition) is 0. The molecule has 0 aliphatic rings. The highest BCUT2D eigenvalue weighted by molar-refractivity contribution is 5.91. The van der Waals surface area contributed by atoms with Crippen LogP contribution in [0.2, 0.25) is 0 Å². The molecule has 0 amide bonds. The molecule has 156 valence electrons. The fourth-order valence-corrected chi connectivity index (χ4v) is 4.08. The second-order valence-corrected chi connectivity index (χ2v) is 7.52. The van der Waals surface area contributed by atoms with Gasteiger partial charge in [0.1, 0.15) is 0 Å². The van der Waals surface area contributed by atoms with Gasteiger partial charge in [0.25, 0.3) is 5.56 Å². The Morgan fingerprint density at radius 2 is 1.72 bits per heavy atom. The minimum atomic E-state index is -0.412. The van der Waals surface area contributed by atoms with Crippen molar-refractivity contribution in [3.05, 3.63) is 105 Å². The van der Waals surface area contributed by atoms with Crippen LogP contribution < -0.4 is 11.2 Å². The minimum Gasteiger partial charge on any atom is -0.320 e. The number of hydrogen-bond acceptors (Lipinski definition) is 4. The Kier molecular flexibility index (Phi) is 4.68. The zero-order chi connectivity index (χ0) is 22.2. The first-order valence-corrected chi connectivity index (χ1v) is 10.3. The van der Waals surface area contributed by atoms with Gasteiger partial charge in [0.2, 0.25) is 0 Å². The number of fused-ring (bicyclic) bond motifs is 2. The molecular weight excluding hydrogens is 402 g/mol. The second kappa shape index (κ2) is 7.67. The molecule has 32 heavy (non-hydrogen) atoms. The number of nitriles is 1. The highest BCUT2D eigenvalue weighted by atomic mass is 16.2. The molecule has 7 nitrogen and oxygen atoms in total. The highest BCUT2D eigenvalue weighted by Crippen LogP contribution is 2.23. The minimum absolute atomic E-state index is 0.250. The topological polar surface area (TPSA) is 85.6 Å². The van der Waals surface area contributed by atoms with E-state index in [0.717, 1.165) is 16.3 Å². The molecular formula is C25H19N5O2. The maximum Gasteiger partial charge on any atom is 0.337 e. The predicted molar refractivity (Wildman–Crippen MR) is 123 cm³/mol. The number of imidazole rings is 1. The summed E-state index contributed by atoms with van der Waals surface area (Å²) in [5.41, 5.74) is 2.10. The molecule has 0 fully saturated rings. The Labute approximate surface area is 183 Å². The lowest BCUT2D eigenvalue weighted by molar-refractivity contribution is 0.655. The quantitative estimate of drug-likeness (QED) is 0.445. The van der Waals surface area contributed by atoms with E-state index in [2.05, 4.69) is 11.1 Å². The van der Waals surface area contributed by atoms with E-state index in [1.807, 2.05) is 54.6 Å². The van der Waals surface area contributed by atoms with Crippen molar-refractivity contribution in [3.8, 4) is 11.8 Å². The largest absolute Gasteiger partial charge is 0.337 e. The third-order valence-corrected chi connectivity index (χ3v) is 5.66. The van der Waals surface area contributed by atoms with Gasteiger partial charge in [-0.3, -0.25) is 9.36 Å². The fraction of sp³-hybridized carbons (Fsp3) is 0.120. The molecule has 2 aromatic heterocycles. The zero-order valence-electron chi connectivity index (χ0n) is 17.4. The lowest BCUT2D eigenvalue weighted by Gasteiger charge is -2.13. The molecule has 0 atom stereocenters. The summed E-state index contributed by atoms with van der Waals surface area (Å²) in [6, 6.07) is 22.8. The average Bonchev–Trinajstić information content (AvgIpc) is 3.23. The normalized spacial score (nSPS) is 11.1. The van der Waals surface area contributed by atoms with Crippen LogP contribution in [0.4, 0.5) is 0 Å². The lowest BCUT2D eigenvalue weighted by Crippen LogP contribution is -2.39. The van der Waals surface area contributed by atoms with Crippen molar-refractivity contribution in [1.82, 2.24) is 18.7 Å². The summed E-state index contributed by atoms with van der Waals surface area (Å²) >= 11 is 0. The molecule has 0 radical (unpaired) electrons. The van der Waals surface area contributed by atoms with E-state index in [0.29, 0.717) is 29.0 Å². The summed E-state index contributed by atoms with van der Waals surface area (Å²) < 4.78 is 4.52. The Morgan fingerprint density at radius 1 is 0.969 bits per heavy atom. The molecule has 0 saturated heterocycles. The van der Waals surface area contributed by atoms with Gasteiger partial charge in [-0.2, -0.15) is 5.26 Å². The van der Waals surface area contributed by atoms with Gasteiger partial charge in [-0.15, -0.1) is 0 Å². The van der Waals surface area contributed by atoms with Crippen LogP contribution in [0.3, 0.4) is 0 Å². The molecule has 5 aromatic rings. The molecule has 0 aliphatic carbocycles. The summed E-state index contributed by atoms with van der Waals surface area (Å²) in [6.45, 7) is 2.43. The molecule has 2 heterocycles. The van der Waals surface area contributed by atoms with Gasteiger partial charge in [0.05, 0.1) is 23.6 Å². The molecule has 0 aliphatic heterocycles. The molecule has 0 spiro atoms. The zero-order valence-corrected chi connectivity index (χ0v) is 17.4. The van der Waals surface area contributed by atoms with Crippen molar-refractivity contribution in [1.29, 1.82) is 5.26 Å². The predicted octanol–water partition coefficient (Wildman–Crippen LogP) is 3.44. The van der Waals surface area contributed by atoms with Crippen LogP contribution in [-0.2, 0) is 13.1 Å². The van der Waals surface area contributed by atoms with Crippen molar-refractivity contribution in [2.75, 3.05) is 0 Å². The Hall–Kier alpha value is -4.44. The van der Waals surface area contributed by atoms with Crippen LogP contribution in [0.15, 0.2) is 82.6 Å². The molecule has 0 unspecified atom stereocenters. The van der Waals surface area contributed by atoms with Crippen molar-refractivity contribution < 1.29 is 0 Å². The maximum absolute atomic E-state index is 13.4. The van der Waals surface area contributed by atoms with E-state index in [1.54, 1.807) is 30.0 Å². The SMILES string of the molecule is CCn1c(=O)c2c(ncn2Cc2ccc(C#N)cc2)n(-c2cccc3ccccc23)c1=O. The fourth-order valence-electron chi connectivity index (χ4n) is 4.08. The summed E-state index contributed by atoms with van der Waals surface area (Å²) in [4.78, 5) is 31.1. The standard InChI is InChI=1S/C25H19N5O2/c1-2-29-24(31)22-23(27-16-28(22)15-18-12-10-17(14-26)11-13-18)30(25(29)32)21-9-5-7-19-6-3-4-8-20(19)21/h3-13,16H,2,15H2,1H3. The third-order valence-electron chi connectivity index (χ3n) is 5.66. The van der Waals surface area contributed by atoms with Crippen molar-refractivity contribution >= 4 is 21.9 Å². The van der Waals surface area contributed by atoms with Gasteiger partial charge in [-0.1, -0.05) is 48.5 Å². The average molecular weight is 421 g/mol.